The molecule has 7 heteroatoms. The Labute approximate surface area is 171 Å². The third-order valence-corrected chi connectivity index (χ3v) is 4.35. The van der Waals surface area contributed by atoms with Crippen LogP contribution in [0.2, 0.25) is 0 Å². The molecule has 7 nitrogen and oxygen atoms in total. The highest BCUT2D eigenvalue weighted by Gasteiger charge is 2.06. The molecule has 0 aliphatic carbocycles. The highest BCUT2D eigenvalue weighted by Crippen LogP contribution is 2.27. The maximum Gasteiger partial charge on any atom is 0.160 e. The van der Waals surface area contributed by atoms with Gasteiger partial charge in [0.05, 0.1) is 21.3 Å². The molecule has 0 fully saturated rings. The van der Waals surface area contributed by atoms with E-state index in [1.165, 1.54) is 0 Å². The summed E-state index contributed by atoms with van der Waals surface area (Å²) in [5.74, 6) is 4.42. The monoisotopic (exact) mass is 394 g/mol. The van der Waals surface area contributed by atoms with Gasteiger partial charge in [0.15, 0.2) is 11.5 Å². The van der Waals surface area contributed by atoms with Gasteiger partial charge in [0, 0.05) is 24.4 Å². The Bertz CT molecular complexity index is 963. The number of ether oxygens (including phenoxy) is 3. The highest BCUT2D eigenvalue weighted by atomic mass is 16.5. The summed E-state index contributed by atoms with van der Waals surface area (Å²) in [5.41, 5.74) is 2.05. The summed E-state index contributed by atoms with van der Waals surface area (Å²) in [7, 11) is 4.92. The second-order valence-corrected chi connectivity index (χ2v) is 6.41. The van der Waals surface area contributed by atoms with E-state index in [1.54, 1.807) is 21.3 Å². The van der Waals surface area contributed by atoms with Crippen LogP contribution in [0.1, 0.15) is 11.4 Å². The molecule has 1 heterocycles. The molecular weight excluding hydrogens is 368 g/mol. The Morgan fingerprint density at radius 2 is 1.62 bits per heavy atom. The van der Waals surface area contributed by atoms with Crippen molar-refractivity contribution in [2.75, 3.05) is 38.5 Å². The van der Waals surface area contributed by atoms with Crippen LogP contribution in [-0.4, -0.2) is 37.8 Å². The van der Waals surface area contributed by atoms with Gasteiger partial charge in [0.25, 0.3) is 0 Å². The maximum absolute atomic E-state index is 5.36. The largest absolute Gasteiger partial charge is 0.497 e. The minimum absolute atomic E-state index is 0.687. The minimum atomic E-state index is 0.687. The van der Waals surface area contributed by atoms with Crippen LogP contribution in [0.15, 0.2) is 48.5 Å². The van der Waals surface area contributed by atoms with Crippen molar-refractivity contribution in [2.45, 2.75) is 13.3 Å². The first-order chi connectivity index (χ1) is 14.1. The van der Waals surface area contributed by atoms with Crippen LogP contribution < -0.4 is 24.8 Å². The average molecular weight is 394 g/mol. The summed E-state index contributed by atoms with van der Waals surface area (Å²) < 4.78 is 15.9. The number of aromatic nitrogens is 2. The lowest BCUT2D eigenvalue weighted by Gasteiger charge is -2.12. The van der Waals surface area contributed by atoms with Crippen molar-refractivity contribution in [3.8, 4) is 17.2 Å². The summed E-state index contributed by atoms with van der Waals surface area (Å²) in [6, 6.07) is 15.5. The zero-order valence-electron chi connectivity index (χ0n) is 17.2. The highest BCUT2D eigenvalue weighted by molar-refractivity contribution is 5.60. The third kappa shape index (κ3) is 5.51. The molecule has 0 atom stereocenters. The van der Waals surface area contributed by atoms with Gasteiger partial charge in [0.2, 0.25) is 0 Å². The number of methoxy groups -OCH3 is 3. The predicted octanol–water partition coefficient (Wildman–Crippen LogP) is 4.21. The summed E-state index contributed by atoms with van der Waals surface area (Å²) >= 11 is 0. The molecule has 1 aromatic heterocycles. The molecule has 0 unspecified atom stereocenters. The van der Waals surface area contributed by atoms with Gasteiger partial charge in [-0.2, -0.15) is 0 Å². The van der Waals surface area contributed by atoms with Gasteiger partial charge < -0.3 is 24.8 Å². The fourth-order valence-corrected chi connectivity index (χ4v) is 2.94. The van der Waals surface area contributed by atoms with Gasteiger partial charge in [-0.25, -0.2) is 9.97 Å². The molecule has 2 N–H and O–H groups in total. The lowest BCUT2D eigenvalue weighted by Crippen LogP contribution is -2.08. The van der Waals surface area contributed by atoms with Crippen LogP contribution in [0.3, 0.4) is 0 Å². The van der Waals surface area contributed by atoms with E-state index >= 15 is 0 Å². The Balaban J connectivity index is 1.64. The van der Waals surface area contributed by atoms with Crippen molar-refractivity contribution >= 4 is 17.3 Å². The number of hydrogen-bond donors (Lipinski definition) is 2. The number of hydrogen-bond acceptors (Lipinski definition) is 7. The number of aryl methyl sites for hydroxylation is 1. The number of nitrogens with one attached hydrogen (secondary N) is 2. The van der Waals surface area contributed by atoms with Crippen LogP contribution in [0.25, 0.3) is 0 Å². The Kier molecular flexibility index (Phi) is 6.73. The zero-order chi connectivity index (χ0) is 20.6. The number of anilines is 3. The number of benzene rings is 2. The molecule has 0 saturated carbocycles. The fraction of sp³-hybridized carbons (Fsp3) is 0.273. The standard InChI is InChI=1S/C22H26N4O3/c1-15-24-21(14-22(25-15)26-17-6-5-7-18(13-17)27-2)23-11-10-16-8-9-19(28-3)20(12-16)29-4/h5-9,12-14H,10-11H2,1-4H3,(H2,23,24,25,26). The number of nitrogens with zero attached hydrogens (tertiary/aromatic N) is 2. The molecule has 29 heavy (non-hydrogen) atoms. The van der Waals surface area contributed by atoms with E-state index < -0.39 is 0 Å². The van der Waals surface area contributed by atoms with Crippen molar-refractivity contribution < 1.29 is 14.2 Å². The Hall–Kier alpha value is -3.48. The SMILES string of the molecule is COc1cccc(Nc2cc(NCCc3ccc(OC)c(OC)c3)nc(C)n2)c1. The van der Waals surface area contributed by atoms with Crippen molar-refractivity contribution in [3.05, 3.63) is 59.9 Å². The van der Waals surface area contributed by atoms with E-state index in [1.807, 2.05) is 55.5 Å². The third-order valence-electron chi connectivity index (χ3n) is 4.35. The molecule has 0 spiro atoms. The summed E-state index contributed by atoms with van der Waals surface area (Å²) in [5, 5.41) is 6.66. The zero-order valence-corrected chi connectivity index (χ0v) is 17.2. The second kappa shape index (κ2) is 9.64. The second-order valence-electron chi connectivity index (χ2n) is 6.41. The lowest BCUT2D eigenvalue weighted by atomic mass is 10.1. The van der Waals surface area contributed by atoms with Crippen molar-refractivity contribution in [2.24, 2.45) is 0 Å². The lowest BCUT2D eigenvalue weighted by molar-refractivity contribution is 0.354. The molecule has 0 bridgehead atoms. The topological polar surface area (TPSA) is 77.5 Å². The molecular formula is C22H26N4O3. The quantitative estimate of drug-likeness (QED) is 0.563. The molecule has 0 amide bonds. The first-order valence-electron chi connectivity index (χ1n) is 9.33. The molecule has 152 valence electrons. The molecule has 2 aromatic carbocycles. The van der Waals surface area contributed by atoms with E-state index in [0.717, 1.165) is 53.1 Å². The van der Waals surface area contributed by atoms with Crippen LogP contribution in [0.5, 0.6) is 17.2 Å². The molecule has 0 saturated heterocycles. The Morgan fingerprint density at radius 3 is 2.38 bits per heavy atom. The first kappa shape index (κ1) is 20.3. The van der Waals surface area contributed by atoms with E-state index in [-0.39, 0.29) is 0 Å². The van der Waals surface area contributed by atoms with Gasteiger partial charge in [0.1, 0.15) is 23.2 Å². The van der Waals surface area contributed by atoms with E-state index in [4.69, 9.17) is 14.2 Å². The van der Waals surface area contributed by atoms with Crippen molar-refractivity contribution in [3.63, 3.8) is 0 Å². The van der Waals surface area contributed by atoms with Crippen LogP contribution in [0.4, 0.5) is 17.3 Å². The summed E-state index contributed by atoms with van der Waals surface area (Å²) in [6.45, 7) is 2.60. The molecule has 0 aliphatic heterocycles. The van der Waals surface area contributed by atoms with Crippen molar-refractivity contribution in [1.29, 1.82) is 0 Å². The minimum Gasteiger partial charge on any atom is -0.497 e. The molecule has 0 radical (unpaired) electrons. The van der Waals surface area contributed by atoms with E-state index in [0.29, 0.717) is 5.82 Å². The normalized spacial score (nSPS) is 10.3. The van der Waals surface area contributed by atoms with Gasteiger partial charge in [-0.1, -0.05) is 12.1 Å². The Morgan fingerprint density at radius 1 is 0.828 bits per heavy atom. The van der Waals surface area contributed by atoms with Crippen LogP contribution >= 0.6 is 0 Å². The van der Waals surface area contributed by atoms with Gasteiger partial charge in [-0.05, 0) is 43.2 Å². The van der Waals surface area contributed by atoms with Crippen LogP contribution in [-0.2, 0) is 6.42 Å². The predicted molar refractivity (Wildman–Crippen MR) is 115 cm³/mol. The van der Waals surface area contributed by atoms with Gasteiger partial charge in [-0.3, -0.25) is 0 Å². The smallest absolute Gasteiger partial charge is 0.160 e. The summed E-state index contributed by atoms with van der Waals surface area (Å²) in [4.78, 5) is 8.93. The fourth-order valence-electron chi connectivity index (χ4n) is 2.94. The molecule has 3 rings (SSSR count). The average Bonchev–Trinajstić information content (AvgIpc) is 2.73. The first-order valence-corrected chi connectivity index (χ1v) is 9.33. The molecule has 3 aromatic rings. The maximum atomic E-state index is 5.36. The van der Waals surface area contributed by atoms with Gasteiger partial charge in [-0.15, -0.1) is 0 Å². The van der Waals surface area contributed by atoms with Gasteiger partial charge >= 0.3 is 0 Å². The number of rotatable bonds is 9. The van der Waals surface area contributed by atoms with E-state index in [2.05, 4.69) is 20.6 Å². The molecule has 0 aliphatic rings. The van der Waals surface area contributed by atoms with Crippen molar-refractivity contribution in [1.82, 2.24) is 9.97 Å². The summed E-state index contributed by atoms with van der Waals surface area (Å²) in [6.07, 6.45) is 0.821. The van der Waals surface area contributed by atoms with Crippen LogP contribution in [0, 0.1) is 6.92 Å². The van der Waals surface area contributed by atoms with E-state index in [9.17, 15) is 0 Å².